The summed E-state index contributed by atoms with van der Waals surface area (Å²) >= 11 is 5.77. The molecule has 7 heteroatoms. The van der Waals surface area contributed by atoms with Gasteiger partial charge in [-0.15, -0.1) is 0 Å². The zero-order valence-corrected chi connectivity index (χ0v) is 9.77. The standard InChI is InChI=1S/C10H10ClN5O/c1-16-5-7(12)9(15-16)10(17)14-8-4-6(11)2-3-13-8/h2-5H,12H2,1H3,(H,13,14,17). The Hall–Kier alpha value is -2.08. The van der Waals surface area contributed by atoms with Gasteiger partial charge in [-0.05, 0) is 12.1 Å². The van der Waals surface area contributed by atoms with Crippen LogP contribution in [-0.4, -0.2) is 20.7 Å². The van der Waals surface area contributed by atoms with Crippen molar-refractivity contribution >= 4 is 29.0 Å². The number of anilines is 2. The highest BCUT2D eigenvalue weighted by Crippen LogP contribution is 2.14. The topological polar surface area (TPSA) is 85.8 Å². The van der Waals surface area contributed by atoms with Gasteiger partial charge in [0.2, 0.25) is 0 Å². The largest absolute Gasteiger partial charge is 0.396 e. The number of carbonyl (C=O) groups is 1. The molecule has 0 unspecified atom stereocenters. The molecule has 0 spiro atoms. The summed E-state index contributed by atoms with van der Waals surface area (Å²) in [5, 5.41) is 7.00. The summed E-state index contributed by atoms with van der Waals surface area (Å²) in [5.41, 5.74) is 6.11. The Kier molecular flexibility index (Phi) is 2.97. The fourth-order valence-corrected chi connectivity index (χ4v) is 1.49. The molecule has 0 atom stereocenters. The van der Waals surface area contributed by atoms with Crippen LogP contribution in [0.3, 0.4) is 0 Å². The van der Waals surface area contributed by atoms with Crippen molar-refractivity contribution in [2.45, 2.75) is 0 Å². The van der Waals surface area contributed by atoms with Crippen molar-refractivity contribution in [2.75, 3.05) is 11.1 Å². The van der Waals surface area contributed by atoms with E-state index >= 15 is 0 Å². The predicted octanol–water partition coefficient (Wildman–Crippen LogP) is 1.30. The lowest BCUT2D eigenvalue weighted by Gasteiger charge is -2.02. The average molecular weight is 252 g/mol. The van der Waals surface area contributed by atoms with Crippen molar-refractivity contribution in [1.29, 1.82) is 0 Å². The second-order valence-electron chi connectivity index (χ2n) is 3.42. The molecule has 1 amide bonds. The smallest absolute Gasteiger partial charge is 0.279 e. The van der Waals surface area contributed by atoms with E-state index < -0.39 is 5.91 Å². The molecule has 0 aliphatic rings. The van der Waals surface area contributed by atoms with E-state index in [0.717, 1.165) is 0 Å². The number of hydrogen-bond acceptors (Lipinski definition) is 4. The highest BCUT2D eigenvalue weighted by molar-refractivity contribution is 6.30. The number of aromatic nitrogens is 3. The van der Waals surface area contributed by atoms with Gasteiger partial charge in [-0.1, -0.05) is 11.6 Å². The summed E-state index contributed by atoms with van der Waals surface area (Å²) in [6.45, 7) is 0. The molecule has 0 aliphatic heterocycles. The molecule has 2 aromatic heterocycles. The van der Waals surface area contributed by atoms with Gasteiger partial charge in [-0.25, -0.2) is 4.98 Å². The fourth-order valence-electron chi connectivity index (χ4n) is 1.33. The van der Waals surface area contributed by atoms with E-state index in [1.165, 1.54) is 10.9 Å². The van der Waals surface area contributed by atoms with Gasteiger partial charge in [0.05, 0.1) is 5.69 Å². The van der Waals surface area contributed by atoms with Crippen molar-refractivity contribution < 1.29 is 4.79 Å². The molecule has 88 valence electrons. The van der Waals surface area contributed by atoms with Crippen LogP contribution in [-0.2, 0) is 7.05 Å². The Bertz CT molecular complexity index is 566. The number of pyridine rings is 1. The van der Waals surface area contributed by atoms with Crippen LogP contribution in [0, 0.1) is 0 Å². The number of hydrogen-bond donors (Lipinski definition) is 2. The molecule has 0 aromatic carbocycles. The molecule has 2 heterocycles. The zero-order valence-electron chi connectivity index (χ0n) is 9.01. The summed E-state index contributed by atoms with van der Waals surface area (Å²) in [7, 11) is 1.69. The van der Waals surface area contributed by atoms with Crippen molar-refractivity contribution in [3.63, 3.8) is 0 Å². The quantitative estimate of drug-likeness (QED) is 0.842. The lowest BCUT2D eigenvalue weighted by molar-refractivity contribution is 0.102. The first-order chi connectivity index (χ1) is 8.06. The molecule has 0 bridgehead atoms. The van der Waals surface area contributed by atoms with E-state index in [4.69, 9.17) is 17.3 Å². The van der Waals surface area contributed by atoms with Crippen LogP contribution in [0.4, 0.5) is 11.5 Å². The van der Waals surface area contributed by atoms with Crippen molar-refractivity contribution in [3.8, 4) is 0 Å². The molecular weight excluding hydrogens is 242 g/mol. The maximum Gasteiger partial charge on any atom is 0.279 e. The molecule has 0 saturated carbocycles. The first kappa shape index (κ1) is 11.4. The Morgan fingerprint density at radius 1 is 1.59 bits per heavy atom. The molecule has 0 aliphatic carbocycles. The number of nitrogens with one attached hydrogen (secondary N) is 1. The summed E-state index contributed by atoms with van der Waals surface area (Å²) in [4.78, 5) is 15.8. The van der Waals surface area contributed by atoms with Gasteiger partial charge in [0.1, 0.15) is 5.82 Å². The third-order valence-electron chi connectivity index (χ3n) is 2.04. The van der Waals surface area contributed by atoms with Gasteiger partial charge in [-0.2, -0.15) is 5.10 Å². The number of nitrogen functional groups attached to an aromatic ring is 1. The van der Waals surface area contributed by atoms with Crippen LogP contribution < -0.4 is 11.1 Å². The minimum absolute atomic E-state index is 0.161. The molecular formula is C10H10ClN5O. The molecule has 17 heavy (non-hydrogen) atoms. The van der Waals surface area contributed by atoms with Crippen LogP contribution in [0.1, 0.15) is 10.5 Å². The third kappa shape index (κ3) is 2.54. The Morgan fingerprint density at radius 2 is 2.35 bits per heavy atom. The summed E-state index contributed by atoms with van der Waals surface area (Å²) < 4.78 is 1.47. The maximum absolute atomic E-state index is 11.8. The number of carbonyl (C=O) groups excluding carboxylic acids is 1. The Morgan fingerprint density at radius 3 is 2.94 bits per heavy atom. The number of amides is 1. The van der Waals surface area contributed by atoms with Gasteiger partial charge < -0.3 is 11.1 Å². The van der Waals surface area contributed by atoms with Crippen molar-refractivity contribution in [2.24, 2.45) is 7.05 Å². The summed E-state index contributed by atoms with van der Waals surface area (Å²) in [5.74, 6) is -0.0644. The molecule has 0 fully saturated rings. The molecule has 0 saturated heterocycles. The van der Waals surface area contributed by atoms with E-state index in [-0.39, 0.29) is 5.69 Å². The van der Waals surface area contributed by atoms with E-state index in [1.807, 2.05) is 0 Å². The highest BCUT2D eigenvalue weighted by Gasteiger charge is 2.14. The molecule has 0 radical (unpaired) electrons. The van der Waals surface area contributed by atoms with Crippen molar-refractivity contribution in [1.82, 2.24) is 14.8 Å². The Balaban J connectivity index is 2.20. The van der Waals surface area contributed by atoms with Crippen LogP contribution in [0.25, 0.3) is 0 Å². The third-order valence-corrected chi connectivity index (χ3v) is 2.27. The highest BCUT2D eigenvalue weighted by atomic mass is 35.5. The van der Waals surface area contributed by atoms with Gasteiger partial charge in [-0.3, -0.25) is 9.48 Å². The second kappa shape index (κ2) is 4.42. The number of halogens is 1. The van der Waals surface area contributed by atoms with E-state index in [2.05, 4.69) is 15.4 Å². The lowest BCUT2D eigenvalue weighted by atomic mass is 10.3. The average Bonchev–Trinajstić information content (AvgIpc) is 2.58. The number of rotatable bonds is 2. The fraction of sp³-hybridized carbons (Fsp3) is 0.100. The van der Waals surface area contributed by atoms with Crippen molar-refractivity contribution in [3.05, 3.63) is 35.2 Å². The molecule has 6 nitrogen and oxygen atoms in total. The summed E-state index contributed by atoms with van der Waals surface area (Å²) in [6, 6.07) is 3.16. The minimum Gasteiger partial charge on any atom is -0.396 e. The normalized spacial score (nSPS) is 10.2. The number of nitrogens with zero attached hydrogens (tertiary/aromatic N) is 3. The maximum atomic E-state index is 11.8. The van der Waals surface area contributed by atoms with Crippen LogP contribution in [0.5, 0.6) is 0 Å². The number of nitrogens with two attached hydrogens (primary N) is 1. The first-order valence-corrected chi connectivity index (χ1v) is 5.16. The molecule has 3 N–H and O–H groups in total. The number of aryl methyl sites for hydroxylation is 1. The van der Waals surface area contributed by atoms with Gasteiger partial charge in [0.15, 0.2) is 5.69 Å². The summed E-state index contributed by atoms with van der Waals surface area (Å²) in [6.07, 6.45) is 3.06. The first-order valence-electron chi connectivity index (χ1n) is 4.78. The van der Waals surface area contributed by atoms with E-state index in [1.54, 1.807) is 25.4 Å². The monoisotopic (exact) mass is 251 g/mol. The van der Waals surface area contributed by atoms with Gasteiger partial charge in [0.25, 0.3) is 5.91 Å². The predicted molar refractivity (Wildman–Crippen MR) is 64.8 cm³/mol. The van der Waals surface area contributed by atoms with E-state index in [9.17, 15) is 4.79 Å². The van der Waals surface area contributed by atoms with Gasteiger partial charge in [0, 0.05) is 24.5 Å². The lowest BCUT2D eigenvalue weighted by Crippen LogP contribution is -2.15. The second-order valence-corrected chi connectivity index (χ2v) is 3.86. The molecule has 2 rings (SSSR count). The van der Waals surface area contributed by atoms with Crippen LogP contribution in [0.2, 0.25) is 5.02 Å². The van der Waals surface area contributed by atoms with E-state index in [0.29, 0.717) is 16.5 Å². The van der Waals surface area contributed by atoms with Crippen LogP contribution >= 0.6 is 11.6 Å². The minimum atomic E-state index is -0.419. The van der Waals surface area contributed by atoms with Crippen LogP contribution in [0.15, 0.2) is 24.5 Å². The Labute approximate surface area is 102 Å². The SMILES string of the molecule is Cn1cc(N)c(C(=O)Nc2cc(Cl)ccn2)n1. The molecule has 2 aromatic rings. The zero-order chi connectivity index (χ0) is 12.4. The van der Waals surface area contributed by atoms with Gasteiger partial charge >= 0.3 is 0 Å².